The van der Waals surface area contributed by atoms with E-state index in [1.807, 2.05) is 11.4 Å². The summed E-state index contributed by atoms with van der Waals surface area (Å²) < 4.78 is 0. The molecule has 118 valence electrons. The van der Waals surface area contributed by atoms with Crippen LogP contribution in [-0.4, -0.2) is 21.4 Å². The quantitative estimate of drug-likeness (QED) is 0.409. The third-order valence-electron chi connectivity index (χ3n) is 3.32. The van der Waals surface area contributed by atoms with Gasteiger partial charge in [-0.15, -0.1) is 11.3 Å². The molecule has 0 aliphatic carbocycles. The number of fused-ring (bicyclic) bond motifs is 1. The monoisotopic (exact) mass is 348 g/mol. The number of nitrogens with one attached hydrogen (secondary N) is 1. The normalized spacial score (nSPS) is 10.9. The number of aromatic nitrogens is 2. The standard InChI is InChI=1S/C15H13ClN4O2S/c1-2-6-17-13-12-11(8-23-14(12)19-15(16)18-13)9-4-3-5-10(7-9)20(21)22/h3-5,7-8H,2,6H2,1H3,(H,17,18,19). The first-order valence-electron chi connectivity index (χ1n) is 7.03. The van der Waals surface area contributed by atoms with E-state index in [2.05, 4.69) is 22.2 Å². The maximum atomic E-state index is 11.0. The number of hydrogen-bond acceptors (Lipinski definition) is 6. The zero-order valence-electron chi connectivity index (χ0n) is 12.2. The van der Waals surface area contributed by atoms with Crippen molar-refractivity contribution in [2.45, 2.75) is 13.3 Å². The number of non-ortho nitro benzene ring substituents is 1. The smallest absolute Gasteiger partial charge is 0.270 e. The largest absolute Gasteiger partial charge is 0.369 e. The van der Waals surface area contributed by atoms with Gasteiger partial charge < -0.3 is 5.32 Å². The number of nitro groups is 1. The Morgan fingerprint density at radius 1 is 1.39 bits per heavy atom. The molecule has 0 spiro atoms. The Kier molecular flexibility index (Phi) is 4.40. The number of nitrogens with zero attached hydrogens (tertiary/aromatic N) is 3. The summed E-state index contributed by atoms with van der Waals surface area (Å²) in [6, 6.07) is 6.54. The lowest BCUT2D eigenvalue weighted by atomic mass is 10.1. The van der Waals surface area contributed by atoms with Gasteiger partial charge in [0.25, 0.3) is 5.69 Å². The van der Waals surface area contributed by atoms with Gasteiger partial charge in [0, 0.05) is 29.6 Å². The molecule has 3 rings (SSSR count). The highest BCUT2D eigenvalue weighted by atomic mass is 35.5. The highest BCUT2D eigenvalue weighted by Gasteiger charge is 2.16. The van der Waals surface area contributed by atoms with Crippen molar-refractivity contribution in [2.75, 3.05) is 11.9 Å². The first-order chi connectivity index (χ1) is 11.1. The molecule has 0 aliphatic rings. The van der Waals surface area contributed by atoms with Crippen molar-refractivity contribution in [1.82, 2.24) is 9.97 Å². The third kappa shape index (κ3) is 3.11. The van der Waals surface area contributed by atoms with Crippen molar-refractivity contribution in [3.63, 3.8) is 0 Å². The molecule has 1 aromatic carbocycles. The Labute approximate surface area is 141 Å². The fraction of sp³-hybridized carbons (Fsp3) is 0.200. The van der Waals surface area contributed by atoms with Crippen molar-refractivity contribution in [3.8, 4) is 11.1 Å². The van der Waals surface area contributed by atoms with Crippen LogP contribution in [0.3, 0.4) is 0 Å². The van der Waals surface area contributed by atoms with Gasteiger partial charge in [0.1, 0.15) is 10.6 Å². The van der Waals surface area contributed by atoms with Crippen molar-refractivity contribution >= 4 is 44.7 Å². The minimum absolute atomic E-state index is 0.0554. The van der Waals surface area contributed by atoms with Gasteiger partial charge in [0.05, 0.1) is 10.3 Å². The second-order valence-electron chi connectivity index (χ2n) is 4.90. The summed E-state index contributed by atoms with van der Waals surface area (Å²) in [6.45, 7) is 2.81. The molecule has 2 aromatic heterocycles. The molecule has 0 amide bonds. The number of rotatable bonds is 5. The van der Waals surface area contributed by atoms with Gasteiger partial charge in [0.2, 0.25) is 5.28 Å². The molecule has 2 heterocycles. The zero-order chi connectivity index (χ0) is 16.4. The molecule has 0 aliphatic heterocycles. The fourth-order valence-electron chi connectivity index (χ4n) is 2.29. The summed E-state index contributed by atoms with van der Waals surface area (Å²) in [4.78, 5) is 19.9. The molecule has 0 unspecified atom stereocenters. The summed E-state index contributed by atoms with van der Waals surface area (Å²) in [6.07, 6.45) is 0.944. The van der Waals surface area contributed by atoms with E-state index in [0.717, 1.165) is 34.3 Å². The molecule has 23 heavy (non-hydrogen) atoms. The molecule has 3 aromatic rings. The van der Waals surface area contributed by atoms with Crippen molar-refractivity contribution < 1.29 is 4.92 Å². The number of halogens is 1. The minimum atomic E-state index is -0.401. The molecule has 0 bridgehead atoms. The number of benzene rings is 1. The molecule has 1 N–H and O–H groups in total. The van der Waals surface area contributed by atoms with Gasteiger partial charge in [0.15, 0.2) is 0 Å². The van der Waals surface area contributed by atoms with Gasteiger partial charge >= 0.3 is 0 Å². The second-order valence-corrected chi connectivity index (χ2v) is 6.10. The summed E-state index contributed by atoms with van der Waals surface area (Å²) in [5.74, 6) is 0.657. The molecule has 0 atom stereocenters. The third-order valence-corrected chi connectivity index (χ3v) is 4.36. The second kappa shape index (κ2) is 6.47. The number of anilines is 1. The van der Waals surface area contributed by atoms with Crippen LogP contribution in [0.4, 0.5) is 11.5 Å². The maximum absolute atomic E-state index is 11.0. The lowest BCUT2D eigenvalue weighted by molar-refractivity contribution is -0.384. The van der Waals surface area contributed by atoms with Gasteiger partial charge in [-0.3, -0.25) is 10.1 Å². The van der Waals surface area contributed by atoms with E-state index in [1.165, 1.54) is 17.4 Å². The lowest BCUT2D eigenvalue weighted by Gasteiger charge is -2.08. The average Bonchev–Trinajstić information content (AvgIpc) is 2.96. The number of thiophene rings is 1. The van der Waals surface area contributed by atoms with E-state index in [4.69, 9.17) is 11.6 Å². The highest BCUT2D eigenvalue weighted by molar-refractivity contribution is 7.17. The van der Waals surface area contributed by atoms with Crippen LogP contribution in [0.25, 0.3) is 21.3 Å². The van der Waals surface area contributed by atoms with Gasteiger partial charge in [-0.05, 0) is 23.6 Å². The van der Waals surface area contributed by atoms with Crippen LogP contribution in [0.15, 0.2) is 29.6 Å². The minimum Gasteiger partial charge on any atom is -0.369 e. The first kappa shape index (κ1) is 15.6. The molecule has 0 saturated heterocycles. The van der Waals surface area contributed by atoms with E-state index in [9.17, 15) is 10.1 Å². The van der Waals surface area contributed by atoms with Crippen LogP contribution >= 0.6 is 22.9 Å². The number of hydrogen-bond donors (Lipinski definition) is 1. The van der Waals surface area contributed by atoms with E-state index in [0.29, 0.717) is 5.82 Å². The molecule has 0 fully saturated rings. The summed E-state index contributed by atoms with van der Waals surface area (Å²) in [5.41, 5.74) is 1.68. The van der Waals surface area contributed by atoms with Crippen molar-refractivity contribution in [3.05, 3.63) is 45.0 Å². The molecule has 0 radical (unpaired) electrons. The molecule has 8 heteroatoms. The lowest BCUT2D eigenvalue weighted by Crippen LogP contribution is -2.03. The summed E-state index contributed by atoms with van der Waals surface area (Å²) >= 11 is 7.42. The SMILES string of the molecule is CCCNc1nc(Cl)nc2scc(-c3cccc([N+](=O)[O-])c3)c12. The van der Waals surface area contributed by atoms with Gasteiger partial charge in [-0.2, -0.15) is 0 Å². The summed E-state index contributed by atoms with van der Waals surface area (Å²) in [5, 5.41) is 17.2. The highest BCUT2D eigenvalue weighted by Crippen LogP contribution is 2.38. The first-order valence-corrected chi connectivity index (χ1v) is 8.29. The maximum Gasteiger partial charge on any atom is 0.270 e. The van der Waals surface area contributed by atoms with Crippen molar-refractivity contribution in [2.24, 2.45) is 0 Å². The van der Waals surface area contributed by atoms with E-state index >= 15 is 0 Å². The fourth-order valence-corrected chi connectivity index (χ4v) is 3.45. The van der Waals surface area contributed by atoms with Gasteiger partial charge in [-0.25, -0.2) is 9.97 Å². The molecule has 0 saturated carbocycles. The van der Waals surface area contributed by atoms with Crippen LogP contribution in [0, 0.1) is 10.1 Å². The predicted molar refractivity (Wildman–Crippen MR) is 93.3 cm³/mol. The van der Waals surface area contributed by atoms with Crippen LogP contribution in [-0.2, 0) is 0 Å². The van der Waals surface area contributed by atoms with E-state index in [-0.39, 0.29) is 11.0 Å². The average molecular weight is 349 g/mol. The molecular weight excluding hydrogens is 336 g/mol. The van der Waals surface area contributed by atoms with Crippen LogP contribution in [0.1, 0.15) is 13.3 Å². The van der Waals surface area contributed by atoms with Crippen LogP contribution in [0.5, 0.6) is 0 Å². The van der Waals surface area contributed by atoms with E-state index in [1.54, 1.807) is 12.1 Å². The topological polar surface area (TPSA) is 81.0 Å². The van der Waals surface area contributed by atoms with Crippen molar-refractivity contribution in [1.29, 1.82) is 0 Å². The Morgan fingerprint density at radius 2 is 2.22 bits per heavy atom. The van der Waals surface area contributed by atoms with E-state index < -0.39 is 4.92 Å². The zero-order valence-corrected chi connectivity index (χ0v) is 13.8. The number of nitro benzene ring substituents is 1. The molecular formula is C15H13ClN4O2S. The Morgan fingerprint density at radius 3 is 2.96 bits per heavy atom. The van der Waals surface area contributed by atoms with Crippen LogP contribution in [0.2, 0.25) is 5.28 Å². The van der Waals surface area contributed by atoms with Crippen LogP contribution < -0.4 is 5.32 Å². The molecule has 6 nitrogen and oxygen atoms in total. The summed E-state index contributed by atoms with van der Waals surface area (Å²) in [7, 11) is 0. The van der Waals surface area contributed by atoms with Gasteiger partial charge in [-0.1, -0.05) is 19.1 Å². The Hall–Kier alpha value is -2.25. The Balaban J connectivity index is 2.18. The Bertz CT molecular complexity index is 881. The predicted octanol–water partition coefficient (Wildman–Crippen LogP) is 4.74.